The summed E-state index contributed by atoms with van der Waals surface area (Å²) in [7, 11) is -0.643. The fourth-order valence-electron chi connectivity index (χ4n) is 4.09. The fraction of sp³-hybridized carbons (Fsp3) is 0.167. The first-order valence-corrected chi connectivity index (χ1v) is 13.5. The highest BCUT2D eigenvalue weighted by molar-refractivity contribution is 7.92. The lowest BCUT2D eigenvalue weighted by molar-refractivity contribution is 0.0939. The van der Waals surface area contributed by atoms with E-state index in [0.717, 1.165) is 11.1 Å². The maximum atomic E-state index is 13.5. The molecule has 0 saturated carbocycles. The Morgan fingerprint density at radius 2 is 1.47 bits per heavy atom. The minimum absolute atomic E-state index is 0.112. The quantitative estimate of drug-likeness (QED) is 0.289. The van der Waals surface area contributed by atoms with Gasteiger partial charge in [0, 0.05) is 11.1 Å². The second-order valence-electron chi connectivity index (χ2n) is 8.66. The fourth-order valence-corrected chi connectivity index (χ4v) is 5.57. The summed E-state index contributed by atoms with van der Waals surface area (Å²) >= 11 is 0. The average molecular weight is 531 g/mol. The van der Waals surface area contributed by atoms with Gasteiger partial charge in [-0.15, -0.1) is 0 Å². The molecule has 1 amide bonds. The largest absolute Gasteiger partial charge is 0.497 e. The molecule has 0 saturated heterocycles. The van der Waals surface area contributed by atoms with Crippen molar-refractivity contribution >= 4 is 21.6 Å². The highest BCUT2D eigenvalue weighted by atomic mass is 32.2. The molecular weight excluding hydrogens is 500 g/mol. The number of carbonyl (C=O) groups is 1. The van der Waals surface area contributed by atoms with Gasteiger partial charge < -0.3 is 14.8 Å². The molecule has 0 aromatic heterocycles. The molecule has 4 aromatic carbocycles. The predicted octanol–water partition coefficient (Wildman–Crippen LogP) is 5.59. The van der Waals surface area contributed by atoms with Gasteiger partial charge in [-0.3, -0.25) is 9.10 Å². The second-order valence-corrected chi connectivity index (χ2v) is 10.5. The number of hydrogen-bond acceptors (Lipinski definition) is 5. The van der Waals surface area contributed by atoms with Crippen LogP contribution in [0.4, 0.5) is 5.69 Å². The van der Waals surface area contributed by atoms with E-state index in [0.29, 0.717) is 22.7 Å². The minimum Gasteiger partial charge on any atom is -0.497 e. The Hall–Kier alpha value is -4.30. The van der Waals surface area contributed by atoms with Crippen molar-refractivity contribution in [3.63, 3.8) is 0 Å². The summed E-state index contributed by atoms with van der Waals surface area (Å²) in [5, 5.41) is 2.99. The van der Waals surface area contributed by atoms with Crippen LogP contribution in [0.2, 0.25) is 0 Å². The van der Waals surface area contributed by atoms with Crippen LogP contribution in [0.1, 0.15) is 34.5 Å². The number of para-hydroxylation sites is 1. The number of methoxy groups -OCH3 is 2. The molecule has 1 atom stereocenters. The van der Waals surface area contributed by atoms with Crippen molar-refractivity contribution in [3.8, 4) is 11.5 Å². The Bertz CT molecular complexity index is 1470. The third-order valence-corrected chi connectivity index (χ3v) is 7.96. The van der Waals surface area contributed by atoms with E-state index in [-0.39, 0.29) is 23.4 Å². The van der Waals surface area contributed by atoms with E-state index in [1.807, 2.05) is 19.1 Å². The van der Waals surface area contributed by atoms with Crippen LogP contribution in [-0.2, 0) is 16.6 Å². The minimum atomic E-state index is -3.81. The highest BCUT2D eigenvalue weighted by Crippen LogP contribution is 2.30. The second kappa shape index (κ2) is 11.8. The Morgan fingerprint density at radius 3 is 2.08 bits per heavy atom. The summed E-state index contributed by atoms with van der Waals surface area (Å²) in [6.45, 7) is 1.98. The number of hydrogen-bond donors (Lipinski definition) is 1. The summed E-state index contributed by atoms with van der Waals surface area (Å²) in [5.74, 6) is 1.06. The number of ether oxygens (including phenoxy) is 2. The lowest BCUT2D eigenvalue weighted by atomic mass is 10.1. The Balaban J connectivity index is 1.54. The van der Waals surface area contributed by atoms with Crippen LogP contribution in [0, 0.1) is 0 Å². The normalized spacial score (nSPS) is 11.9. The van der Waals surface area contributed by atoms with Gasteiger partial charge in [0.05, 0.1) is 37.4 Å². The molecule has 196 valence electrons. The Kier molecular flexibility index (Phi) is 8.33. The van der Waals surface area contributed by atoms with Crippen LogP contribution in [0.3, 0.4) is 0 Å². The van der Waals surface area contributed by atoms with Gasteiger partial charge in [-0.1, -0.05) is 48.5 Å². The molecule has 0 bridgehead atoms. The van der Waals surface area contributed by atoms with Crippen molar-refractivity contribution < 1.29 is 22.7 Å². The van der Waals surface area contributed by atoms with Crippen molar-refractivity contribution in [1.82, 2.24) is 5.32 Å². The number of benzene rings is 4. The third-order valence-electron chi connectivity index (χ3n) is 6.17. The van der Waals surface area contributed by atoms with Crippen molar-refractivity contribution in [2.24, 2.45) is 0 Å². The lowest BCUT2D eigenvalue weighted by Gasteiger charge is -2.25. The molecule has 0 radical (unpaired) electrons. The number of anilines is 1. The van der Waals surface area contributed by atoms with Gasteiger partial charge >= 0.3 is 0 Å². The summed E-state index contributed by atoms with van der Waals surface area (Å²) in [6.07, 6.45) is 0. The van der Waals surface area contributed by atoms with Crippen LogP contribution in [0.15, 0.2) is 108 Å². The zero-order chi connectivity index (χ0) is 27.1. The molecule has 38 heavy (non-hydrogen) atoms. The molecule has 0 aliphatic heterocycles. The van der Waals surface area contributed by atoms with Crippen LogP contribution in [0.25, 0.3) is 0 Å². The Morgan fingerprint density at radius 1 is 0.842 bits per heavy atom. The summed E-state index contributed by atoms with van der Waals surface area (Å²) < 4.78 is 39.1. The molecule has 4 aromatic rings. The van der Waals surface area contributed by atoms with E-state index >= 15 is 0 Å². The SMILES string of the molecule is COc1ccc(OC)c([C@H](C)NC(=O)c2ccc(CN(c3ccccc3)S(=O)(=O)c3ccccc3)cc2)c1. The maximum absolute atomic E-state index is 13.5. The molecule has 0 fully saturated rings. The van der Waals surface area contributed by atoms with Crippen LogP contribution >= 0.6 is 0 Å². The van der Waals surface area contributed by atoms with E-state index in [1.54, 1.807) is 105 Å². The van der Waals surface area contributed by atoms with Crippen LogP contribution in [-0.4, -0.2) is 28.5 Å². The van der Waals surface area contributed by atoms with Crippen LogP contribution in [0.5, 0.6) is 11.5 Å². The summed E-state index contributed by atoms with van der Waals surface area (Å²) in [4.78, 5) is 13.2. The topological polar surface area (TPSA) is 84.9 Å². The van der Waals surface area contributed by atoms with Crippen molar-refractivity contribution in [1.29, 1.82) is 0 Å². The van der Waals surface area contributed by atoms with Gasteiger partial charge in [-0.05, 0) is 67.1 Å². The van der Waals surface area contributed by atoms with Crippen molar-refractivity contribution in [2.45, 2.75) is 24.4 Å². The van der Waals surface area contributed by atoms with Gasteiger partial charge in [0.15, 0.2) is 0 Å². The van der Waals surface area contributed by atoms with Crippen molar-refractivity contribution in [3.05, 3.63) is 120 Å². The first-order valence-electron chi connectivity index (χ1n) is 12.1. The molecule has 0 heterocycles. The van der Waals surface area contributed by atoms with E-state index in [4.69, 9.17) is 9.47 Å². The van der Waals surface area contributed by atoms with Gasteiger partial charge in [0.1, 0.15) is 11.5 Å². The smallest absolute Gasteiger partial charge is 0.264 e. The predicted molar refractivity (Wildman–Crippen MR) is 148 cm³/mol. The van der Waals surface area contributed by atoms with Gasteiger partial charge in [-0.25, -0.2) is 8.42 Å². The molecular formula is C30H30N2O5S. The van der Waals surface area contributed by atoms with E-state index < -0.39 is 10.0 Å². The van der Waals surface area contributed by atoms with Crippen LogP contribution < -0.4 is 19.1 Å². The zero-order valence-electron chi connectivity index (χ0n) is 21.5. The molecule has 0 aliphatic carbocycles. The van der Waals surface area contributed by atoms with Crippen molar-refractivity contribution in [2.75, 3.05) is 18.5 Å². The molecule has 8 heteroatoms. The van der Waals surface area contributed by atoms with E-state index in [9.17, 15) is 13.2 Å². The molecule has 4 rings (SSSR count). The van der Waals surface area contributed by atoms with Gasteiger partial charge in [0.25, 0.3) is 15.9 Å². The van der Waals surface area contributed by atoms with Gasteiger partial charge in [-0.2, -0.15) is 0 Å². The zero-order valence-corrected chi connectivity index (χ0v) is 22.3. The number of nitrogens with one attached hydrogen (secondary N) is 1. The first-order chi connectivity index (χ1) is 18.3. The number of amides is 1. The summed E-state index contributed by atoms with van der Waals surface area (Å²) in [5.41, 5.74) is 2.55. The molecule has 1 N–H and O–H groups in total. The van der Waals surface area contributed by atoms with E-state index in [1.165, 1.54) is 4.31 Å². The monoisotopic (exact) mass is 530 g/mol. The van der Waals surface area contributed by atoms with E-state index in [2.05, 4.69) is 5.32 Å². The Labute approximate surface area is 223 Å². The maximum Gasteiger partial charge on any atom is 0.264 e. The number of carbonyl (C=O) groups excluding carboxylic acids is 1. The average Bonchev–Trinajstić information content (AvgIpc) is 2.96. The third kappa shape index (κ3) is 5.98. The molecule has 0 unspecified atom stereocenters. The number of rotatable bonds is 10. The first kappa shape index (κ1) is 26.8. The molecule has 7 nitrogen and oxygen atoms in total. The van der Waals surface area contributed by atoms with Gasteiger partial charge in [0.2, 0.25) is 0 Å². The summed E-state index contributed by atoms with van der Waals surface area (Å²) in [6, 6.07) is 29.3. The lowest BCUT2D eigenvalue weighted by Crippen LogP contribution is -2.30. The highest BCUT2D eigenvalue weighted by Gasteiger charge is 2.25. The standard InChI is InChI=1S/C30H30N2O5S/c1-22(28-20-26(36-2)18-19-29(28)37-3)31-30(33)24-16-14-23(15-17-24)21-32(25-10-6-4-7-11-25)38(34,35)27-12-8-5-9-13-27/h4-20,22H,21H2,1-3H3,(H,31,33)/t22-/m0/s1. The number of sulfonamides is 1. The molecule has 0 spiro atoms. The number of nitrogens with zero attached hydrogens (tertiary/aromatic N) is 1. The molecule has 0 aliphatic rings.